The van der Waals surface area contributed by atoms with Gasteiger partial charge in [0.25, 0.3) is 0 Å². The van der Waals surface area contributed by atoms with Gasteiger partial charge in [0.2, 0.25) is 0 Å². The van der Waals surface area contributed by atoms with Gasteiger partial charge in [0.05, 0.1) is 7.11 Å². The molecule has 4 nitrogen and oxygen atoms in total. The number of methoxy groups -OCH3 is 1. The molecule has 0 fully saturated rings. The van der Waals surface area contributed by atoms with E-state index in [1.165, 1.54) is 0 Å². The molecule has 18 heavy (non-hydrogen) atoms. The number of aryl methyl sites for hydroxylation is 1. The van der Waals surface area contributed by atoms with Crippen molar-refractivity contribution in [3.8, 4) is 16.9 Å². The van der Waals surface area contributed by atoms with Crippen molar-refractivity contribution in [2.24, 2.45) is 0 Å². The first kappa shape index (κ1) is 12.7. The van der Waals surface area contributed by atoms with E-state index >= 15 is 0 Å². The minimum absolute atomic E-state index is 0.185. The summed E-state index contributed by atoms with van der Waals surface area (Å²) in [6.07, 6.45) is 0. The fourth-order valence-electron chi connectivity index (χ4n) is 1.79. The number of benzene rings is 1. The highest BCUT2D eigenvalue weighted by Gasteiger charge is 2.19. The van der Waals surface area contributed by atoms with Gasteiger partial charge in [-0.25, -0.2) is 4.79 Å². The Labute approximate surface area is 113 Å². The Balaban J connectivity index is 2.58. The molecule has 5 heteroatoms. The molecule has 94 valence electrons. The van der Waals surface area contributed by atoms with Gasteiger partial charge in [-0.3, -0.25) is 0 Å². The molecule has 1 aromatic heterocycles. The molecule has 0 saturated carbocycles. The van der Waals surface area contributed by atoms with Crippen LogP contribution in [0.3, 0.4) is 0 Å². The minimum atomic E-state index is -0.977. The van der Waals surface area contributed by atoms with Gasteiger partial charge in [0, 0.05) is 15.7 Å². The van der Waals surface area contributed by atoms with Crippen LogP contribution in [0.5, 0.6) is 5.75 Å². The summed E-state index contributed by atoms with van der Waals surface area (Å²) in [6, 6.07) is 7.27. The van der Waals surface area contributed by atoms with Gasteiger partial charge in [-0.05, 0) is 40.5 Å². The number of hydrogen-bond acceptors (Lipinski definition) is 2. The van der Waals surface area contributed by atoms with Crippen molar-refractivity contribution in [2.45, 2.75) is 6.92 Å². The predicted octanol–water partition coefficient (Wildman–Crippen LogP) is 3.46. The van der Waals surface area contributed by atoms with E-state index in [1.54, 1.807) is 19.2 Å². The zero-order valence-electron chi connectivity index (χ0n) is 9.95. The average Bonchev–Trinajstić information content (AvgIpc) is 2.66. The van der Waals surface area contributed by atoms with Crippen molar-refractivity contribution in [3.63, 3.8) is 0 Å². The van der Waals surface area contributed by atoms with Crippen molar-refractivity contribution in [1.29, 1.82) is 0 Å². The van der Waals surface area contributed by atoms with Crippen LogP contribution in [-0.2, 0) is 0 Å². The Morgan fingerprint density at radius 2 is 1.94 bits per heavy atom. The number of halogens is 1. The first-order valence-corrected chi connectivity index (χ1v) is 6.09. The highest BCUT2D eigenvalue weighted by molar-refractivity contribution is 9.10. The van der Waals surface area contributed by atoms with Crippen LogP contribution in [0, 0.1) is 6.92 Å². The van der Waals surface area contributed by atoms with E-state index < -0.39 is 5.97 Å². The lowest BCUT2D eigenvalue weighted by atomic mass is 10.1. The van der Waals surface area contributed by atoms with E-state index in [1.807, 2.05) is 19.1 Å². The molecule has 2 aromatic rings. The zero-order valence-corrected chi connectivity index (χ0v) is 11.5. The molecule has 2 N–H and O–H groups in total. The van der Waals surface area contributed by atoms with E-state index in [4.69, 9.17) is 4.74 Å². The second-order valence-electron chi connectivity index (χ2n) is 3.85. The van der Waals surface area contributed by atoms with Gasteiger partial charge >= 0.3 is 5.97 Å². The molecule has 1 heterocycles. The van der Waals surface area contributed by atoms with Crippen molar-refractivity contribution >= 4 is 21.9 Å². The molecule has 0 saturated heterocycles. The van der Waals surface area contributed by atoms with Crippen molar-refractivity contribution < 1.29 is 14.6 Å². The zero-order chi connectivity index (χ0) is 13.3. The Morgan fingerprint density at radius 1 is 1.33 bits per heavy atom. The van der Waals surface area contributed by atoms with Gasteiger partial charge in [-0.1, -0.05) is 12.1 Å². The van der Waals surface area contributed by atoms with Crippen molar-refractivity contribution in [1.82, 2.24) is 4.98 Å². The smallest absolute Gasteiger partial charge is 0.352 e. The summed E-state index contributed by atoms with van der Waals surface area (Å²) in [5.74, 6) is -0.242. The van der Waals surface area contributed by atoms with Crippen molar-refractivity contribution in [2.75, 3.05) is 7.11 Å². The molecule has 0 radical (unpaired) electrons. The maximum absolute atomic E-state index is 11.2. The molecule has 0 aliphatic heterocycles. The number of aromatic carboxylic acids is 1. The predicted molar refractivity (Wildman–Crippen MR) is 72.2 cm³/mol. The Bertz CT molecular complexity index is 587. The Hall–Kier alpha value is -1.75. The van der Waals surface area contributed by atoms with E-state index in [0.717, 1.165) is 21.5 Å². The van der Waals surface area contributed by atoms with Crippen LogP contribution in [0.2, 0.25) is 0 Å². The molecule has 0 aliphatic carbocycles. The number of rotatable bonds is 3. The quantitative estimate of drug-likeness (QED) is 0.912. The number of aromatic nitrogens is 1. The summed E-state index contributed by atoms with van der Waals surface area (Å²) >= 11 is 3.42. The van der Waals surface area contributed by atoms with E-state index in [2.05, 4.69) is 20.9 Å². The summed E-state index contributed by atoms with van der Waals surface area (Å²) < 4.78 is 5.85. The van der Waals surface area contributed by atoms with Crippen LogP contribution in [0.25, 0.3) is 11.1 Å². The number of H-pyrrole nitrogens is 1. The Kier molecular flexibility index (Phi) is 3.43. The standard InChI is InChI=1S/C13H12BrNO3/c1-7-11(14)10(12(15-7)13(16)17)8-3-5-9(18-2)6-4-8/h3-6,15H,1-2H3,(H,16,17). The maximum Gasteiger partial charge on any atom is 0.352 e. The second kappa shape index (κ2) is 4.86. The summed E-state index contributed by atoms with van der Waals surface area (Å²) in [5.41, 5.74) is 2.45. The molecule has 0 bridgehead atoms. The van der Waals surface area contributed by atoms with Crippen LogP contribution in [0.4, 0.5) is 0 Å². The fraction of sp³-hybridized carbons (Fsp3) is 0.154. The first-order valence-electron chi connectivity index (χ1n) is 5.30. The largest absolute Gasteiger partial charge is 0.497 e. The summed E-state index contributed by atoms with van der Waals surface area (Å²) in [6.45, 7) is 1.82. The topological polar surface area (TPSA) is 62.3 Å². The highest BCUT2D eigenvalue weighted by Crippen LogP contribution is 2.35. The fourth-order valence-corrected chi connectivity index (χ4v) is 2.32. The molecule has 0 spiro atoms. The monoisotopic (exact) mass is 309 g/mol. The Morgan fingerprint density at radius 3 is 2.44 bits per heavy atom. The lowest BCUT2D eigenvalue weighted by Gasteiger charge is -2.04. The van der Waals surface area contributed by atoms with Crippen LogP contribution >= 0.6 is 15.9 Å². The third-order valence-corrected chi connectivity index (χ3v) is 3.70. The molecular formula is C13H12BrNO3. The number of hydrogen-bond donors (Lipinski definition) is 2. The molecule has 0 amide bonds. The third-order valence-electron chi connectivity index (χ3n) is 2.70. The minimum Gasteiger partial charge on any atom is -0.497 e. The van der Waals surface area contributed by atoms with Crippen LogP contribution < -0.4 is 4.74 Å². The molecule has 2 rings (SSSR count). The molecule has 1 aromatic carbocycles. The summed E-state index contributed by atoms with van der Waals surface area (Å²) in [5, 5.41) is 9.19. The third kappa shape index (κ3) is 2.13. The van der Waals surface area contributed by atoms with Crippen LogP contribution in [-0.4, -0.2) is 23.2 Å². The van der Waals surface area contributed by atoms with Gasteiger partial charge in [-0.2, -0.15) is 0 Å². The average molecular weight is 310 g/mol. The van der Waals surface area contributed by atoms with Gasteiger partial charge in [-0.15, -0.1) is 0 Å². The second-order valence-corrected chi connectivity index (χ2v) is 4.64. The lowest BCUT2D eigenvalue weighted by molar-refractivity contribution is 0.0692. The number of carbonyl (C=O) groups is 1. The molecule has 0 atom stereocenters. The van der Waals surface area contributed by atoms with Gasteiger partial charge in [0.15, 0.2) is 0 Å². The van der Waals surface area contributed by atoms with Gasteiger partial charge in [0.1, 0.15) is 11.4 Å². The van der Waals surface area contributed by atoms with Gasteiger partial charge < -0.3 is 14.8 Å². The molecule has 0 unspecified atom stereocenters. The number of aromatic amines is 1. The molecule has 0 aliphatic rings. The van der Waals surface area contributed by atoms with Crippen LogP contribution in [0.1, 0.15) is 16.2 Å². The number of carboxylic acid groups (broad SMARTS) is 1. The SMILES string of the molecule is COc1ccc(-c2c(C(=O)O)[nH]c(C)c2Br)cc1. The number of nitrogens with one attached hydrogen (secondary N) is 1. The van der Waals surface area contributed by atoms with Crippen molar-refractivity contribution in [3.05, 3.63) is 40.1 Å². The maximum atomic E-state index is 11.2. The van der Waals surface area contributed by atoms with E-state index in [-0.39, 0.29) is 5.69 Å². The van der Waals surface area contributed by atoms with Crippen LogP contribution in [0.15, 0.2) is 28.7 Å². The normalized spacial score (nSPS) is 10.4. The summed E-state index contributed by atoms with van der Waals surface area (Å²) in [4.78, 5) is 14.1. The highest BCUT2D eigenvalue weighted by atomic mass is 79.9. The summed E-state index contributed by atoms with van der Waals surface area (Å²) in [7, 11) is 1.59. The lowest BCUT2D eigenvalue weighted by Crippen LogP contribution is -1.99. The number of carboxylic acids is 1. The first-order chi connectivity index (χ1) is 8.54. The van der Waals surface area contributed by atoms with E-state index in [9.17, 15) is 9.90 Å². The van der Waals surface area contributed by atoms with E-state index in [0.29, 0.717) is 5.56 Å². The number of ether oxygens (including phenoxy) is 1. The molecular weight excluding hydrogens is 298 g/mol.